The van der Waals surface area contributed by atoms with Gasteiger partial charge in [-0.15, -0.1) is 0 Å². The van der Waals surface area contributed by atoms with Gasteiger partial charge in [-0.1, -0.05) is 47.6 Å². The van der Waals surface area contributed by atoms with E-state index in [9.17, 15) is 4.39 Å². The summed E-state index contributed by atoms with van der Waals surface area (Å²) in [5, 5.41) is 7.42. The lowest BCUT2D eigenvalue weighted by Gasteiger charge is -2.09. The molecule has 1 N–H and O–H groups in total. The molecule has 1 aliphatic heterocycles. The molecule has 21 heavy (non-hydrogen) atoms. The first-order valence-corrected chi connectivity index (χ1v) is 7.04. The van der Waals surface area contributed by atoms with Crippen LogP contribution in [0.3, 0.4) is 0 Å². The number of hydrogen-bond acceptors (Lipinski definition) is 3. The summed E-state index contributed by atoms with van der Waals surface area (Å²) in [5.74, 6) is -0.207. The van der Waals surface area contributed by atoms with Crippen molar-refractivity contribution < 1.29 is 9.23 Å². The van der Waals surface area contributed by atoms with Gasteiger partial charge in [0.2, 0.25) is 0 Å². The van der Waals surface area contributed by atoms with E-state index in [0.29, 0.717) is 13.1 Å². The highest BCUT2D eigenvalue weighted by Gasteiger charge is 2.21. The molecule has 0 radical (unpaired) electrons. The van der Waals surface area contributed by atoms with E-state index in [-0.39, 0.29) is 11.9 Å². The van der Waals surface area contributed by atoms with Crippen LogP contribution in [-0.4, -0.2) is 18.4 Å². The topological polar surface area (TPSA) is 33.6 Å². The van der Waals surface area contributed by atoms with Crippen LogP contribution in [0.5, 0.6) is 0 Å². The fourth-order valence-electron chi connectivity index (χ4n) is 2.36. The Morgan fingerprint density at radius 3 is 2.81 bits per heavy atom. The maximum Gasteiger partial charge on any atom is 0.145 e. The van der Waals surface area contributed by atoms with Gasteiger partial charge in [-0.05, 0) is 23.3 Å². The summed E-state index contributed by atoms with van der Waals surface area (Å²) in [6.45, 7) is 1.31. The Labute approximate surface area is 123 Å². The Bertz CT molecular complexity index is 628. The zero-order chi connectivity index (χ0) is 14.5. The van der Waals surface area contributed by atoms with Crippen molar-refractivity contribution in [3.63, 3.8) is 0 Å². The van der Waals surface area contributed by atoms with E-state index >= 15 is 0 Å². The van der Waals surface area contributed by atoms with Gasteiger partial charge >= 0.3 is 0 Å². The average Bonchev–Trinajstić information content (AvgIpc) is 2.97. The van der Waals surface area contributed by atoms with Crippen LogP contribution < -0.4 is 5.32 Å². The van der Waals surface area contributed by atoms with E-state index in [4.69, 9.17) is 4.84 Å². The summed E-state index contributed by atoms with van der Waals surface area (Å²) >= 11 is 0. The largest absolute Gasteiger partial charge is 0.390 e. The van der Waals surface area contributed by atoms with Crippen molar-refractivity contribution in [2.75, 3.05) is 6.54 Å². The number of hydrogen-bond donors (Lipinski definition) is 1. The summed E-state index contributed by atoms with van der Waals surface area (Å²) < 4.78 is 13.1. The molecule has 1 atom stereocenters. The molecule has 0 aromatic heterocycles. The van der Waals surface area contributed by atoms with Crippen LogP contribution in [0.15, 0.2) is 59.8 Å². The maximum atomic E-state index is 13.1. The van der Waals surface area contributed by atoms with E-state index < -0.39 is 0 Å². The Hall–Kier alpha value is -2.20. The highest BCUT2D eigenvalue weighted by atomic mass is 19.1. The van der Waals surface area contributed by atoms with E-state index in [1.165, 1.54) is 12.1 Å². The third-order valence-electron chi connectivity index (χ3n) is 3.43. The molecule has 1 unspecified atom stereocenters. The fraction of sp³-hybridized carbons (Fsp3) is 0.235. The highest BCUT2D eigenvalue weighted by Crippen LogP contribution is 2.16. The summed E-state index contributed by atoms with van der Waals surface area (Å²) in [4.78, 5) is 5.43. The predicted molar refractivity (Wildman–Crippen MR) is 80.6 cm³/mol. The quantitative estimate of drug-likeness (QED) is 0.915. The zero-order valence-corrected chi connectivity index (χ0v) is 11.6. The van der Waals surface area contributed by atoms with Crippen LogP contribution >= 0.6 is 0 Å². The highest BCUT2D eigenvalue weighted by molar-refractivity contribution is 6.01. The molecular formula is C17H17FN2O. The lowest BCUT2D eigenvalue weighted by atomic mass is 10.1. The van der Waals surface area contributed by atoms with E-state index in [1.54, 1.807) is 6.07 Å². The van der Waals surface area contributed by atoms with E-state index in [2.05, 4.69) is 10.5 Å². The van der Waals surface area contributed by atoms with Crippen molar-refractivity contribution in [1.29, 1.82) is 0 Å². The Kier molecular flexibility index (Phi) is 4.26. The molecule has 1 heterocycles. The van der Waals surface area contributed by atoms with Gasteiger partial charge in [-0.25, -0.2) is 4.39 Å². The minimum atomic E-state index is -0.207. The molecule has 3 nitrogen and oxygen atoms in total. The van der Waals surface area contributed by atoms with Gasteiger partial charge in [0.15, 0.2) is 0 Å². The van der Waals surface area contributed by atoms with Crippen molar-refractivity contribution in [3.05, 3.63) is 71.5 Å². The van der Waals surface area contributed by atoms with Crippen LogP contribution in [0.4, 0.5) is 4.39 Å². The predicted octanol–water partition coefficient (Wildman–Crippen LogP) is 3.11. The summed E-state index contributed by atoms with van der Waals surface area (Å²) in [6, 6.07) is 16.6. The minimum Gasteiger partial charge on any atom is -0.390 e. The SMILES string of the molecule is Fc1cccc(CNCC2CC(c3ccccc3)=NO2)c1. The molecule has 0 saturated heterocycles. The van der Waals surface area contributed by atoms with Crippen LogP contribution in [0, 0.1) is 5.82 Å². The molecule has 3 rings (SSSR count). The molecule has 0 spiro atoms. The van der Waals surface area contributed by atoms with Crippen molar-refractivity contribution in [1.82, 2.24) is 5.32 Å². The normalized spacial score (nSPS) is 17.4. The molecule has 0 amide bonds. The van der Waals surface area contributed by atoms with E-state index in [1.807, 2.05) is 36.4 Å². The van der Waals surface area contributed by atoms with Crippen molar-refractivity contribution >= 4 is 5.71 Å². The third kappa shape index (κ3) is 3.67. The average molecular weight is 284 g/mol. The van der Waals surface area contributed by atoms with Gasteiger partial charge in [0.05, 0.1) is 5.71 Å². The third-order valence-corrected chi connectivity index (χ3v) is 3.43. The second-order valence-corrected chi connectivity index (χ2v) is 5.10. The first-order valence-electron chi connectivity index (χ1n) is 7.04. The summed E-state index contributed by atoms with van der Waals surface area (Å²) in [7, 11) is 0. The molecule has 1 aliphatic rings. The van der Waals surface area contributed by atoms with Gasteiger partial charge in [-0.3, -0.25) is 0 Å². The molecule has 0 bridgehead atoms. The second kappa shape index (κ2) is 6.50. The molecular weight excluding hydrogens is 267 g/mol. The monoisotopic (exact) mass is 284 g/mol. The van der Waals surface area contributed by atoms with Crippen LogP contribution in [0.25, 0.3) is 0 Å². The van der Waals surface area contributed by atoms with Gasteiger partial charge < -0.3 is 10.2 Å². The smallest absolute Gasteiger partial charge is 0.145 e. The molecule has 4 heteroatoms. The van der Waals surface area contributed by atoms with Gasteiger partial charge in [0, 0.05) is 19.5 Å². The second-order valence-electron chi connectivity index (χ2n) is 5.10. The Balaban J connectivity index is 1.46. The Morgan fingerprint density at radius 1 is 1.14 bits per heavy atom. The van der Waals surface area contributed by atoms with Gasteiger partial charge in [0.1, 0.15) is 11.9 Å². The molecule has 0 fully saturated rings. The number of nitrogens with one attached hydrogen (secondary N) is 1. The molecule has 2 aromatic carbocycles. The fourth-order valence-corrected chi connectivity index (χ4v) is 2.36. The first kappa shape index (κ1) is 13.8. The van der Waals surface area contributed by atoms with Crippen LogP contribution in [-0.2, 0) is 11.4 Å². The first-order chi connectivity index (χ1) is 10.3. The molecule has 0 saturated carbocycles. The van der Waals surface area contributed by atoms with Crippen LogP contribution in [0.1, 0.15) is 17.5 Å². The number of halogens is 1. The van der Waals surface area contributed by atoms with Crippen molar-refractivity contribution in [2.45, 2.75) is 19.1 Å². The number of oxime groups is 1. The number of rotatable bonds is 5. The molecule has 0 aliphatic carbocycles. The molecule has 108 valence electrons. The zero-order valence-electron chi connectivity index (χ0n) is 11.6. The van der Waals surface area contributed by atoms with E-state index in [0.717, 1.165) is 23.3 Å². The lowest BCUT2D eigenvalue weighted by molar-refractivity contribution is 0.0848. The molecule has 2 aromatic rings. The minimum absolute atomic E-state index is 0.0359. The summed E-state index contributed by atoms with van der Waals surface area (Å²) in [5.41, 5.74) is 3.01. The van der Waals surface area contributed by atoms with Crippen LogP contribution in [0.2, 0.25) is 0 Å². The van der Waals surface area contributed by atoms with Gasteiger partial charge in [-0.2, -0.15) is 0 Å². The van der Waals surface area contributed by atoms with Gasteiger partial charge in [0.25, 0.3) is 0 Å². The number of benzene rings is 2. The summed E-state index contributed by atoms with van der Waals surface area (Å²) in [6.07, 6.45) is 0.828. The van der Waals surface area contributed by atoms with Crippen molar-refractivity contribution in [3.8, 4) is 0 Å². The lowest BCUT2D eigenvalue weighted by Crippen LogP contribution is -2.26. The Morgan fingerprint density at radius 2 is 2.00 bits per heavy atom. The standard InChI is InChI=1S/C17H17FN2O/c18-15-8-4-5-13(9-15)11-19-12-16-10-17(20-21-16)14-6-2-1-3-7-14/h1-9,16,19H,10-12H2. The van der Waals surface area contributed by atoms with Crippen molar-refractivity contribution in [2.24, 2.45) is 5.16 Å². The maximum absolute atomic E-state index is 13.1. The number of nitrogens with zero attached hydrogens (tertiary/aromatic N) is 1.